The molecule has 1 saturated heterocycles. The number of carbonyl (C=O) groups excluding carboxylic acids is 1. The fourth-order valence-corrected chi connectivity index (χ4v) is 1.74. The van der Waals surface area contributed by atoms with Crippen molar-refractivity contribution < 1.29 is 4.79 Å². The molecule has 1 aliphatic heterocycles. The molecule has 0 saturated carbocycles. The van der Waals surface area contributed by atoms with Crippen LogP contribution in [0.25, 0.3) is 0 Å². The van der Waals surface area contributed by atoms with Crippen LogP contribution < -0.4 is 11.1 Å². The second-order valence-corrected chi connectivity index (χ2v) is 4.41. The van der Waals surface area contributed by atoms with Crippen molar-refractivity contribution in [3.05, 3.63) is 11.8 Å². The van der Waals surface area contributed by atoms with Crippen molar-refractivity contribution in [2.45, 2.75) is 20.3 Å². The van der Waals surface area contributed by atoms with Crippen LogP contribution in [0.3, 0.4) is 0 Å². The molecule has 1 heterocycles. The summed E-state index contributed by atoms with van der Waals surface area (Å²) in [5.41, 5.74) is 6.69. The summed E-state index contributed by atoms with van der Waals surface area (Å²) in [4.78, 5) is 16.0. The molecule has 0 aliphatic carbocycles. The number of rotatable bonds is 4. The lowest BCUT2D eigenvalue weighted by Crippen LogP contribution is -2.51. The molecule has 0 atom stereocenters. The summed E-state index contributed by atoms with van der Waals surface area (Å²) in [6.07, 6.45) is 2.76. The molecule has 0 unspecified atom stereocenters. The van der Waals surface area contributed by atoms with Crippen LogP contribution in [0.1, 0.15) is 20.3 Å². The Balaban J connectivity index is 2.31. The number of carbonyl (C=O) groups is 1. The van der Waals surface area contributed by atoms with E-state index < -0.39 is 0 Å². The highest BCUT2D eigenvalue weighted by Gasteiger charge is 2.19. The summed E-state index contributed by atoms with van der Waals surface area (Å²) in [5.74, 6) is 0. The van der Waals surface area contributed by atoms with Gasteiger partial charge in [0, 0.05) is 45.5 Å². The number of piperazine rings is 1. The van der Waals surface area contributed by atoms with Gasteiger partial charge in [0.2, 0.25) is 0 Å². The summed E-state index contributed by atoms with van der Waals surface area (Å²) >= 11 is 0. The molecule has 1 fully saturated rings. The van der Waals surface area contributed by atoms with Crippen molar-refractivity contribution >= 4 is 6.03 Å². The lowest BCUT2D eigenvalue weighted by molar-refractivity contribution is 0.143. The van der Waals surface area contributed by atoms with Gasteiger partial charge < -0.3 is 16.0 Å². The van der Waals surface area contributed by atoms with Gasteiger partial charge in [-0.25, -0.2) is 4.79 Å². The van der Waals surface area contributed by atoms with E-state index in [1.807, 2.05) is 11.8 Å². The molecule has 17 heavy (non-hydrogen) atoms. The zero-order valence-corrected chi connectivity index (χ0v) is 10.9. The van der Waals surface area contributed by atoms with Crippen LogP contribution in [0.5, 0.6) is 0 Å². The van der Waals surface area contributed by atoms with Gasteiger partial charge in [-0.2, -0.15) is 0 Å². The molecule has 5 nitrogen and oxygen atoms in total. The van der Waals surface area contributed by atoms with Crippen molar-refractivity contribution in [3.63, 3.8) is 0 Å². The zero-order valence-electron chi connectivity index (χ0n) is 10.9. The lowest BCUT2D eigenvalue weighted by Gasteiger charge is -2.34. The molecule has 3 N–H and O–H groups in total. The molecule has 0 radical (unpaired) electrons. The third kappa shape index (κ3) is 4.75. The molecule has 5 heteroatoms. The molecule has 98 valence electrons. The summed E-state index contributed by atoms with van der Waals surface area (Å²) < 4.78 is 0. The number of hydrogen-bond donors (Lipinski definition) is 2. The van der Waals surface area contributed by atoms with Crippen molar-refractivity contribution in [3.8, 4) is 0 Å². The van der Waals surface area contributed by atoms with Gasteiger partial charge in [0.05, 0.1) is 0 Å². The average molecular weight is 240 g/mol. The predicted molar refractivity (Wildman–Crippen MR) is 69.6 cm³/mol. The molecular weight excluding hydrogens is 216 g/mol. The summed E-state index contributed by atoms with van der Waals surface area (Å²) in [6.45, 7) is 9.09. The minimum atomic E-state index is 0.00481. The van der Waals surface area contributed by atoms with Crippen molar-refractivity contribution in [1.82, 2.24) is 15.1 Å². The fraction of sp³-hybridized carbons (Fsp3) is 0.750. The van der Waals surface area contributed by atoms with Gasteiger partial charge in [-0.15, -0.1) is 0 Å². The smallest absolute Gasteiger partial charge is 0.321 e. The first kappa shape index (κ1) is 14.0. The molecule has 0 aromatic rings. The summed E-state index contributed by atoms with van der Waals surface area (Å²) in [5, 5.41) is 2.83. The van der Waals surface area contributed by atoms with Gasteiger partial charge in [-0.05, 0) is 13.3 Å². The van der Waals surface area contributed by atoms with Crippen LogP contribution in [-0.2, 0) is 0 Å². The lowest BCUT2D eigenvalue weighted by atomic mass is 10.2. The minimum Gasteiger partial charge on any atom is -0.329 e. The van der Waals surface area contributed by atoms with E-state index in [1.165, 1.54) is 5.57 Å². The van der Waals surface area contributed by atoms with E-state index in [-0.39, 0.29) is 6.03 Å². The quantitative estimate of drug-likeness (QED) is 0.756. The molecule has 0 spiro atoms. The minimum absolute atomic E-state index is 0.00481. The van der Waals surface area contributed by atoms with Crippen molar-refractivity contribution in [1.29, 1.82) is 0 Å². The highest BCUT2D eigenvalue weighted by molar-refractivity contribution is 5.75. The largest absolute Gasteiger partial charge is 0.329 e. The molecule has 0 bridgehead atoms. The van der Waals surface area contributed by atoms with Gasteiger partial charge >= 0.3 is 6.03 Å². The maximum atomic E-state index is 11.8. The van der Waals surface area contributed by atoms with Crippen molar-refractivity contribution in [2.75, 3.05) is 39.3 Å². The second-order valence-electron chi connectivity index (χ2n) is 4.41. The van der Waals surface area contributed by atoms with Crippen LogP contribution in [0, 0.1) is 0 Å². The van der Waals surface area contributed by atoms with Crippen LogP contribution in [0.4, 0.5) is 4.79 Å². The SMILES string of the molecule is CC/C(C)=C/NC(=O)N1CCN(CCN)CC1. The van der Waals surface area contributed by atoms with Gasteiger partial charge in [0.1, 0.15) is 0 Å². The Morgan fingerprint density at radius 2 is 2.00 bits per heavy atom. The Morgan fingerprint density at radius 1 is 1.35 bits per heavy atom. The number of nitrogens with zero attached hydrogens (tertiary/aromatic N) is 2. The first-order chi connectivity index (χ1) is 8.17. The topological polar surface area (TPSA) is 61.6 Å². The average Bonchev–Trinajstić information content (AvgIpc) is 2.36. The number of hydrogen-bond acceptors (Lipinski definition) is 3. The maximum absolute atomic E-state index is 11.8. The zero-order chi connectivity index (χ0) is 12.7. The normalized spacial score (nSPS) is 18.3. The first-order valence-electron chi connectivity index (χ1n) is 6.31. The Morgan fingerprint density at radius 3 is 2.53 bits per heavy atom. The Labute approximate surface area is 104 Å². The first-order valence-corrected chi connectivity index (χ1v) is 6.31. The number of amides is 2. The standard InChI is InChI=1S/C12H24N4O/c1-3-11(2)10-14-12(17)16-8-6-15(5-4-13)7-9-16/h10H,3-9,13H2,1-2H3,(H,14,17)/b11-10+. The van der Waals surface area contributed by atoms with Crippen molar-refractivity contribution in [2.24, 2.45) is 5.73 Å². The third-order valence-corrected chi connectivity index (χ3v) is 3.10. The van der Waals surface area contributed by atoms with Crippen LogP contribution >= 0.6 is 0 Å². The van der Waals surface area contributed by atoms with E-state index in [4.69, 9.17) is 5.73 Å². The Kier molecular flexibility index (Phi) is 6.00. The van der Waals surface area contributed by atoms with Gasteiger partial charge in [-0.3, -0.25) is 4.90 Å². The summed E-state index contributed by atoms with van der Waals surface area (Å²) in [7, 11) is 0. The maximum Gasteiger partial charge on any atom is 0.321 e. The number of nitrogens with two attached hydrogens (primary N) is 1. The third-order valence-electron chi connectivity index (χ3n) is 3.10. The van der Waals surface area contributed by atoms with Crippen LogP contribution in [0.15, 0.2) is 11.8 Å². The van der Waals surface area contributed by atoms with E-state index in [2.05, 4.69) is 17.1 Å². The van der Waals surface area contributed by atoms with Crippen LogP contribution in [0.2, 0.25) is 0 Å². The van der Waals surface area contributed by atoms with E-state index in [9.17, 15) is 4.79 Å². The number of nitrogens with one attached hydrogen (secondary N) is 1. The van der Waals surface area contributed by atoms with E-state index in [1.54, 1.807) is 6.20 Å². The number of allylic oxidation sites excluding steroid dienone is 1. The van der Waals surface area contributed by atoms with Crippen LogP contribution in [-0.4, -0.2) is 55.1 Å². The molecule has 0 aromatic heterocycles. The Hall–Kier alpha value is -1.07. The van der Waals surface area contributed by atoms with Gasteiger partial charge in [0.25, 0.3) is 0 Å². The molecule has 2 amide bonds. The summed E-state index contributed by atoms with van der Waals surface area (Å²) in [6, 6.07) is 0.00481. The monoisotopic (exact) mass is 240 g/mol. The van der Waals surface area contributed by atoms with E-state index in [0.29, 0.717) is 6.54 Å². The predicted octanol–water partition coefficient (Wildman–Crippen LogP) is 0.586. The molecule has 1 rings (SSSR count). The number of urea groups is 1. The van der Waals surface area contributed by atoms with Gasteiger partial charge in [0.15, 0.2) is 0 Å². The molecule has 1 aliphatic rings. The fourth-order valence-electron chi connectivity index (χ4n) is 1.74. The van der Waals surface area contributed by atoms with Gasteiger partial charge in [-0.1, -0.05) is 12.5 Å². The second kappa shape index (κ2) is 7.29. The highest BCUT2D eigenvalue weighted by Crippen LogP contribution is 2.02. The van der Waals surface area contributed by atoms with E-state index >= 15 is 0 Å². The molecule has 0 aromatic carbocycles. The van der Waals surface area contributed by atoms with E-state index in [0.717, 1.165) is 39.1 Å². The molecular formula is C12H24N4O. The Bertz CT molecular complexity index is 270. The highest BCUT2D eigenvalue weighted by atomic mass is 16.2.